The third-order valence-corrected chi connectivity index (χ3v) is 2.68. The van der Waals surface area contributed by atoms with Gasteiger partial charge in [-0.05, 0) is 37.6 Å². The zero-order valence-corrected chi connectivity index (χ0v) is 9.42. The Hall–Kier alpha value is -1.41. The van der Waals surface area contributed by atoms with Crippen LogP contribution >= 0.6 is 11.6 Å². The predicted octanol–water partition coefficient (Wildman–Crippen LogP) is 3.71. The number of allylic oxidation sites excluding steroid dienone is 2. The Labute approximate surface area is 93.6 Å². The molecule has 0 spiro atoms. The summed E-state index contributed by atoms with van der Waals surface area (Å²) >= 11 is 6.08. The van der Waals surface area contributed by atoms with Crippen molar-refractivity contribution < 1.29 is 0 Å². The highest BCUT2D eigenvalue weighted by atomic mass is 35.5. The van der Waals surface area contributed by atoms with E-state index in [2.05, 4.69) is 9.97 Å². The first kappa shape index (κ1) is 10.1. The summed E-state index contributed by atoms with van der Waals surface area (Å²) in [4.78, 5) is 8.60. The Bertz CT molecular complexity index is 532. The molecule has 0 amide bonds. The van der Waals surface area contributed by atoms with Crippen LogP contribution in [0.15, 0.2) is 30.5 Å². The van der Waals surface area contributed by atoms with E-state index in [-0.39, 0.29) is 0 Å². The minimum Gasteiger partial charge on any atom is -0.256 e. The Morgan fingerprint density at radius 3 is 3.00 bits per heavy atom. The van der Waals surface area contributed by atoms with Crippen molar-refractivity contribution in [3.8, 4) is 0 Å². The molecule has 2 rings (SSSR count). The van der Waals surface area contributed by atoms with Gasteiger partial charge in [-0.3, -0.25) is 4.98 Å². The normalized spacial score (nSPS) is 12.1. The van der Waals surface area contributed by atoms with Crippen molar-refractivity contribution in [3.05, 3.63) is 41.3 Å². The molecule has 2 heterocycles. The van der Waals surface area contributed by atoms with Crippen LogP contribution in [0, 0.1) is 0 Å². The van der Waals surface area contributed by atoms with Gasteiger partial charge < -0.3 is 0 Å². The molecule has 3 heteroatoms. The molecule has 2 nitrogen and oxygen atoms in total. The van der Waals surface area contributed by atoms with Crippen LogP contribution in [0.5, 0.6) is 0 Å². The zero-order chi connectivity index (χ0) is 10.8. The number of rotatable bonds is 1. The van der Waals surface area contributed by atoms with E-state index in [1.165, 1.54) is 0 Å². The van der Waals surface area contributed by atoms with Crippen molar-refractivity contribution in [1.29, 1.82) is 0 Å². The quantitative estimate of drug-likeness (QED) is 0.682. The van der Waals surface area contributed by atoms with Gasteiger partial charge in [0.05, 0.1) is 11.2 Å². The first-order chi connectivity index (χ1) is 7.22. The van der Waals surface area contributed by atoms with E-state index in [4.69, 9.17) is 11.6 Å². The first-order valence-corrected chi connectivity index (χ1v) is 5.14. The second-order valence-electron chi connectivity index (χ2n) is 3.34. The summed E-state index contributed by atoms with van der Waals surface area (Å²) in [5, 5.41) is 1.41. The van der Waals surface area contributed by atoms with Gasteiger partial charge in [0.15, 0.2) is 0 Å². The van der Waals surface area contributed by atoms with Crippen LogP contribution in [-0.4, -0.2) is 9.97 Å². The van der Waals surface area contributed by atoms with Gasteiger partial charge in [0.25, 0.3) is 0 Å². The summed E-state index contributed by atoms with van der Waals surface area (Å²) in [6.45, 7) is 3.99. The molecule has 0 N–H and O–H groups in total. The Morgan fingerprint density at radius 1 is 1.47 bits per heavy atom. The van der Waals surface area contributed by atoms with E-state index in [0.29, 0.717) is 5.15 Å². The molecule has 0 fully saturated rings. The smallest absolute Gasteiger partial charge is 0.139 e. The van der Waals surface area contributed by atoms with Crippen molar-refractivity contribution in [2.45, 2.75) is 13.8 Å². The van der Waals surface area contributed by atoms with E-state index in [9.17, 15) is 0 Å². The number of fused-ring (bicyclic) bond motifs is 1. The average Bonchev–Trinajstić information content (AvgIpc) is 2.28. The van der Waals surface area contributed by atoms with Crippen LogP contribution in [0.4, 0.5) is 0 Å². The highest BCUT2D eigenvalue weighted by Gasteiger charge is 2.05. The van der Waals surface area contributed by atoms with Crippen LogP contribution in [0.2, 0.25) is 5.15 Å². The van der Waals surface area contributed by atoms with Crippen molar-refractivity contribution in [2.24, 2.45) is 0 Å². The van der Waals surface area contributed by atoms with Gasteiger partial charge in [-0.1, -0.05) is 17.7 Å². The summed E-state index contributed by atoms with van der Waals surface area (Å²) in [5.41, 5.74) is 2.87. The van der Waals surface area contributed by atoms with Gasteiger partial charge in [0.2, 0.25) is 0 Å². The molecule has 0 unspecified atom stereocenters. The monoisotopic (exact) mass is 218 g/mol. The second kappa shape index (κ2) is 3.99. The third-order valence-electron chi connectivity index (χ3n) is 2.39. The molecule has 0 aliphatic rings. The maximum atomic E-state index is 6.08. The molecular formula is C12H11ClN2. The molecule has 0 radical (unpaired) electrons. The molecule has 0 saturated carbocycles. The third kappa shape index (κ3) is 1.85. The molecule has 2 aromatic rings. The molecule has 2 aromatic heterocycles. The van der Waals surface area contributed by atoms with Gasteiger partial charge in [0.1, 0.15) is 5.15 Å². The second-order valence-corrected chi connectivity index (χ2v) is 3.70. The highest BCUT2D eigenvalue weighted by Crippen LogP contribution is 2.23. The predicted molar refractivity (Wildman–Crippen MR) is 63.9 cm³/mol. The topological polar surface area (TPSA) is 25.8 Å². The van der Waals surface area contributed by atoms with Gasteiger partial charge in [0, 0.05) is 11.6 Å². The number of aromatic nitrogens is 2. The van der Waals surface area contributed by atoms with E-state index >= 15 is 0 Å². The van der Waals surface area contributed by atoms with Gasteiger partial charge in [-0.2, -0.15) is 0 Å². The lowest BCUT2D eigenvalue weighted by Gasteiger charge is -2.04. The molecule has 0 bridgehead atoms. The summed E-state index contributed by atoms with van der Waals surface area (Å²) in [6.07, 6.45) is 3.76. The summed E-state index contributed by atoms with van der Waals surface area (Å²) in [5.74, 6) is 0. The maximum absolute atomic E-state index is 6.08. The molecule has 0 atom stereocenters. The van der Waals surface area contributed by atoms with E-state index in [1.54, 1.807) is 6.20 Å². The summed E-state index contributed by atoms with van der Waals surface area (Å²) in [7, 11) is 0. The van der Waals surface area contributed by atoms with Gasteiger partial charge >= 0.3 is 0 Å². The fraction of sp³-hybridized carbons (Fsp3) is 0.167. The lowest BCUT2D eigenvalue weighted by molar-refractivity contribution is 1.27. The van der Waals surface area contributed by atoms with Crippen molar-refractivity contribution in [1.82, 2.24) is 9.97 Å². The molecule has 0 aliphatic carbocycles. The van der Waals surface area contributed by atoms with Crippen molar-refractivity contribution >= 4 is 28.1 Å². The number of hydrogen-bond donors (Lipinski definition) is 0. The van der Waals surface area contributed by atoms with E-state index in [1.807, 2.05) is 38.1 Å². The molecule has 0 aliphatic heterocycles. The number of halogens is 1. The van der Waals surface area contributed by atoms with Crippen LogP contribution in [0.3, 0.4) is 0 Å². The maximum Gasteiger partial charge on any atom is 0.139 e. The molecular weight excluding hydrogens is 208 g/mol. The van der Waals surface area contributed by atoms with Crippen molar-refractivity contribution in [2.75, 3.05) is 0 Å². The van der Waals surface area contributed by atoms with Crippen molar-refractivity contribution in [3.63, 3.8) is 0 Å². The molecule has 15 heavy (non-hydrogen) atoms. The number of nitrogens with zero attached hydrogens (tertiary/aromatic N) is 2. The number of pyridine rings is 2. The number of hydrogen-bond acceptors (Lipinski definition) is 2. The Balaban J connectivity index is 2.73. The van der Waals surface area contributed by atoms with Crippen LogP contribution in [0.1, 0.15) is 19.5 Å². The summed E-state index contributed by atoms with van der Waals surface area (Å²) in [6, 6.07) is 5.74. The van der Waals surface area contributed by atoms with Crippen LogP contribution in [0.25, 0.3) is 16.5 Å². The minimum atomic E-state index is 0.511. The van der Waals surface area contributed by atoms with E-state index in [0.717, 1.165) is 22.2 Å². The fourth-order valence-corrected chi connectivity index (χ4v) is 1.64. The minimum absolute atomic E-state index is 0.511. The molecule has 0 aromatic carbocycles. The fourth-order valence-electron chi connectivity index (χ4n) is 1.38. The average molecular weight is 219 g/mol. The van der Waals surface area contributed by atoms with Crippen LogP contribution in [-0.2, 0) is 0 Å². The standard InChI is InChI=1S/C12H11ClN2/c1-3-8(2)10-7-11-9(12(13)15-10)5-4-6-14-11/h3-7H,1-2H3. The zero-order valence-electron chi connectivity index (χ0n) is 8.66. The Kier molecular flexibility index (Phi) is 2.69. The largest absolute Gasteiger partial charge is 0.256 e. The first-order valence-electron chi connectivity index (χ1n) is 4.77. The SMILES string of the molecule is CC=C(C)c1cc2ncccc2c(Cl)n1. The highest BCUT2D eigenvalue weighted by molar-refractivity contribution is 6.34. The van der Waals surface area contributed by atoms with E-state index < -0.39 is 0 Å². The Morgan fingerprint density at radius 2 is 2.27 bits per heavy atom. The molecule has 0 saturated heterocycles. The summed E-state index contributed by atoms with van der Waals surface area (Å²) < 4.78 is 0. The lowest BCUT2D eigenvalue weighted by atomic mass is 10.1. The van der Waals surface area contributed by atoms with Gasteiger partial charge in [-0.15, -0.1) is 0 Å². The van der Waals surface area contributed by atoms with Gasteiger partial charge in [-0.25, -0.2) is 4.98 Å². The van der Waals surface area contributed by atoms with Crippen LogP contribution < -0.4 is 0 Å². The lowest BCUT2D eigenvalue weighted by Crippen LogP contribution is -1.89. The molecule has 76 valence electrons.